The Hall–Kier alpha value is -4.09. The van der Waals surface area contributed by atoms with Gasteiger partial charge in [-0.3, -0.25) is 0 Å². The van der Waals surface area contributed by atoms with Crippen LogP contribution in [0.15, 0.2) is 66.0 Å². The third-order valence-corrected chi connectivity index (χ3v) is 5.97. The van der Waals surface area contributed by atoms with E-state index in [2.05, 4.69) is 26.8 Å². The molecule has 5 rings (SSSR count). The number of aliphatic hydroxyl groups is 1. The van der Waals surface area contributed by atoms with E-state index < -0.39 is 0 Å². The first-order valence-electron chi connectivity index (χ1n) is 10.7. The maximum atomic E-state index is 10.8. The maximum Gasteiger partial charge on any atom is 0.219 e. The van der Waals surface area contributed by atoms with Crippen LogP contribution in [0.2, 0.25) is 0 Å². The molecule has 0 aliphatic carbocycles. The number of thiazole rings is 1. The highest BCUT2D eigenvalue weighted by molar-refractivity contribution is 7.13. The summed E-state index contributed by atoms with van der Waals surface area (Å²) in [5, 5.41) is 34.3. The molecule has 0 atom stereocenters. The molecule has 3 N–H and O–H groups in total. The molecule has 0 radical (unpaired) electrons. The van der Waals surface area contributed by atoms with E-state index in [9.17, 15) is 10.4 Å². The van der Waals surface area contributed by atoms with Crippen molar-refractivity contribution in [2.45, 2.75) is 20.4 Å². The highest BCUT2D eigenvalue weighted by Crippen LogP contribution is 2.33. The van der Waals surface area contributed by atoms with Crippen LogP contribution in [0, 0.1) is 11.3 Å². The van der Waals surface area contributed by atoms with E-state index >= 15 is 0 Å². The van der Waals surface area contributed by atoms with Crippen LogP contribution in [-0.4, -0.2) is 26.4 Å². The van der Waals surface area contributed by atoms with Crippen LogP contribution in [-0.2, 0) is 6.54 Å². The van der Waals surface area contributed by atoms with Crippen LogP contribution in [0.25, 0.3) is 22.0 Å². The number of aromatic nitrogens is 3. The Balaban J connectivity index is 0.00000126. The van der Waals surface area contributed by atoms with Gasteiger partial charge in [0.05, 0.1) is 12.2 Å². The largest absolute Gasteiger partial charge is 0.493 e. The number of nitriles is 1. The second-order valence-corrected chi connectivity index (χ2v) is 7.84. The van der Waals surface area contributed by atoms with Crippen LogP contribution < -0.4 is 10.6 Å². The van der Waals surface area contributed by atoms with Crippen LogP contribution >= 0.6 is 11.3 Å². The molecule has 0 amide bonds. The molecule has 0 unspecified atom stereocenters. The van der Waals surface area contributed by atoms with Crippen molar-refractivity contribution in [3.63, 3.8) is 0 Å². The van der Waals surface area contributed by atoms with Crippen LogP contribution in [0.1, 0.15) is 30.7 Å². The second kappa shape index (κ2) is 10.0. The smallest absolute Gasteiger partial charge is 0.219 e. The number of fused-ring (bicyclic) bond motifs is 1. The predicted octanol–water partition coefficient (Wildman–Crippen LogP) is 5.83. The zero-order valence-corrected chi connectivity index (χ0v) is 19.2. The lowest BCUT2D eigenvalue weighted by Gasteiger charge is -2.19. The van der Waals surface area contributed by atoms with Crippen molar-refractivity contribution in [1.29, 1.82) is 5.26 Å². The molecule has 3 heterocycles. The second-order valence-electron chi connectivity index (χ2n) is 6.98. The van der Waals surface area contributed by atoms with E-state index in [0.29, 0.717) is 30.3 Å². The van der Waals surface area contributed by atoms with Gasteiger partial charge >= 0.3 is 0 Å². The fourth-order valence-corrected chi connectivity index (χ4v) is 4.32. The van der Waals surface area contributed by atoms with Gasteiger partial charge < -0.3 is 15.7 Å². The van der Waals surface area contributed by atoms with Gasteiger partial charge in [-0.2, -0.15) is 9.94 Å². The van der Waals surface area contributed by atoms with Gasteiger partial charge in [-0.05, 0) is 5.56 Å². The van der Waals surface area contributed by atoms with Gasteiger partial charge in [0.1, 0.15) is 16.6 Å². The van der Waals surface area contributed by atoms with Crippen molar-refractivity contribution < 1.29 is 5.11 Å². The number of anilines is 2. The lowest BCUT2D eigenvalue weighted by atomic mass is 10.1. The van der Waals surface area contributed by atoms with E-state index in [4.69, 9.17) is 0 Å². The van der Waals surface area contributed by atoms with Crippen molar-refractivity contribution in [3.05, 3.63) is 82.9 Å². The molecular weight excluding hydrogens is 432 g/mol. The first-order valence-corrected chi connectivity index (χ1v) is 11.6. The summed E-state index contributed by atoms with van der Waals surface area (Å²) in [5.74, 6) is 0.898. The lowest BCUT2D eigenvalue weighted by Crippen LogP contribution is -2.19. The molecule has 0 saturated heterocycles. The number of nitrogens with zero attached hydrogens (tertiary/aromatic N) is 4. The number of aliphatic hydroxyl groups excluding tert-OH is 1. The van der Waals surface area contributed by atoms with Crippen LogP contribution in [0.4, 0.5) is 11.6 Å². The molecule has 8 heteroatoms. The minimum Gasteiger partial charge on any atom is -0.493 e. The quantitative estimate of drug-likeness (QED) is 0.350. The number of benzene rings is 2. The van der Waals surface area contributed by atoms with Crippen molar-refractivity contribution in [2.75, 3.05) is 17.2 Å². The molecule has 7 nitrogen and oxygen atoms in total. The Morgan fingerprint density at radius 1 is 1.09 bits per heavy atom. The van der Waals surface area contributed by atoms with Crippen LogP contribution in [0.3, 0.4) is 0 Å². The SMILES string of the molecule is CC.N#Cc1c(NCc2csc(-c3ccccc3)n2)nn2c1NCC(c1ccccc1)=C2O. The van der Waals surface area contributed by atoms with Crippen molar-refractivity contribution in [3.8, 4) is 16.6 Å². The first-order chi connectivity index (χ1) is 16.2. The third-order valence-electron chi connectivity index (χ3n) is 5.03. The Morgan fingerprint density at radius 3 is 2.42 bits per heavy atom. The number of hydrogen-bond donors (Lipinski definition) is 3. The Bertz CT molecular complexity index is 1300. The molecule has 0 spiro atoms. The summed E-state index contributed by atoms with van der Waals surface area (Å²) >= 11 is 1.57. The molecule has 2 aromatic carbocycles. The average Bonchev–Trinajstić information content (AvgIpc) is 3.50. The van der Waals surface area contributed by atoms with E-state index in [-0.39, 0.29) is 5.88 Å². The third kappa shape index (κ3) is 4.45. The molecule has 0 bridgehead atoms. The Labute approximate surface area is 196 Å². The average molecular weight is 457 g/mol. The number of hydrogen-bond acceptors (Lipinski definition) is 7. The minimum absolute atomic E-state index is 0.0181. The summed E-state index contributed by atoms with van der Waals surface area (Å²) in [6.45, 7) is 4.83. The first kappa shape index (κ1) is 22.1. The van der Waals surface area contributed by atoms with Crippen molar-refractivity contribution in [1.82, 2.24) is 14.8 Å². The zero-order valence-electron chi connectivity index (χ0n) is 18.4. The molecule has 0 saturated carbocycles. The monoisotopic (exact) mass is 456 g/mol. The zero-order chi connectivity index (χ0) is 23.2. The maximum absolute atomic E-state index is 10.8. The normalized spacial score (nSPS) is 12.2. The summed E-state index contributed by atoms with van der Waals surface area (Å²) in [5.41, 5.74) is 3.91. The fraction of sp³-hybridized carbons (Fsp3) is 0.160. The Kier molecular flexibility index (Phi) is 6.72. The van der Waals surface area contributed by atoms with E-state index in [1.165, 1.54) is 4.68 Å². The summed E-state index contributed by atoms with van der Waals surface area (Å²) in [6, 6.07) is 21.8. The standard InChI is InChI=1S/C23H18N6OS.C2H6/c24-11-18-20(25-12-17-14-31-22(27-17)16-9-5-2-6-10-16)28-29-21(18)26-13-19(23(29)30)15-7-3-1-4-8-15;1-2/h1-10,14,26,30H,12-13H2,(H,25,28);1-2H3. The van der Waals surface area contributed by atoms with Gasteiger partial charge in [-0.1, -0.05) is 74.5 Å². The molecule has 1 aliphatic rings. The summed E-state index contributed by atoms with van der Waals surface area (Å²) in [6.07, 6.45) is 0. The molecule has 0 fully saturated rings. The predicted molar refractivity (Wildman–Crippen MR) is 134 cm³/mol. The molecule has 4 aromatic rings. The van der Waals surface area contributed by atoms with Crippen molar-refractivity contribution >= 4 is 34.4 Å². The summed E-state index contributed by atoms with van der Waals surface area (Å²) < 4.78 is 1.38. The van der Waals surface area contributed by atoms with Gasteiger partial charge in [0.2, 0.25) is 5.88 Å². The molecule has 33 heavy (non-hydrogen) atoms. The molecule has 2 aromatic heterocycles. The number of nitrogens with one attached hydrogen (secondary N) is 2. The van der Waals surface area contributed by atoms with Gasteiger partial charge in [-0.15, -0.1) is 16.4 Å². The highest BCUT2D eigenvalue weighted by Gasteiger charge is 2.26. The van der Waals surface area contributed by atoms with Gasteiger partial charge in [0.25, 0.3) is 0 Å². The number of rotatable bonds is 5. The van der Waals surface area contributed by atoms with E-state index in [1.807, 2.05) is 79.9 Å². The molecule has 166 valence electrons. The molecular formula is C25H24N6OS. The van der Waals surface area contributed by atoms with Crippen LogP contribution in [0.5, 0.6) is 0 Å². The topological polar surface area (TPSA) is 98.8 Å². The minimum atomic E-state index is 0.0181. The molecule has 1 aliphatic heterocycles. The fourth-order valence-electron chi connectivity index (χ4n) is 3.49. The van der Waals surface area contributed by atoms with Gasteiger partial charge in [-0.25, -0.2) is 4.98 Å². The summed E-state index contributed by atoms with van der Waals surface area (Å²) in [4.78, 5) is 4.66. The lowest BCUT2D eigenvalue weighted by molar-refractivity contribution is 0.458. The van der Waals surface area contributed by atoms with Gasteiger partial charge in [0, 0.05) is 23.1 Å². The summed E-state index contributed by atoms with van der Waals surface area (Å²) in [7, 11) is 0. The highest BCUT2D eigenvalue weighted by atomic mass is 32.1. The Morgan fingerprint density at radius 2 is 1.76 bits per heavy atom. The van der Waals surface area contributed by atoms with E-state index in [1.54, 1.807) is 11.3 Å². The van der Waals surface area contributed by atoms with Gasteiger partial charge in [0.15, 0.2) is 11.6 Å². The van der Waals surface area contributed by atoms with E-state index in [0.717, 1.165) is 27.4 Å². The van der Waals surface area contributed by atoms with Crippen molar-refractivity contribution in [2.24, 2.45) is 0 Å².